The summed E-state index contributed by atoms with van der Waals surface area (Å²) in [5.74, 6) is -2.41. The summed E-state index contributed by atoms with van der Waals surface area (Å²) < 4.78 is 0. The molecule has 2 atom stereocenters. The normalized spacial score (nSPS) is 22.4. The largest absolute Gasteiger partial charge is 0.356 e. The lowest BCUT2D eigenvalue weighted by Gasteiger charge is -2.35. The van der Waals surface area contributed by atoms with Gasteiger partial charge in [-0.1, -0.05) is 26.0 Å². The SMILES string of the molecule is CC(C)CC1(C(CCN2C(=O)c3ccccc3C2=O)C(=O)NO)CCNC1=O. The Balaban J connectivity index is 1.84. The molecule has 150 valence electrons. The predicted octanol–water partition coefficient (Wildman–Crippen LogP) is 1.35. The van der Waals surface area contributed by atoms with Gasteiger partial charge in [0.15, 0.2) is 0 Å². The highest BCUT2D eigenvalue weighted by Gasteiger charge is 2.52. The van der Waals surface area contributed by atoms with Crippen molar-refractivity contribution in [1.29, 1.82) is 0 Å². The van der Waals surface area contributed by atoms with Gasteiger partial charge in [0.1, 0.15) is 0 Å². The second kappa shape index (κ2) is 7.71. The van der Waals surface area contributed by atoms with Crippen LogP contribution >= 0.6 is 0 Å². The van der Waals surface area contributed by atoms with Crippen LogP contribution in [0, 0.1) is 17.3 Å². The topological polar surface area (TPSA) is 116 Å². The predicted molar refractivity (Wildman–Crippen MR) is 99.4 cm³/mol. The highest BCUT2D eigenvalue weighted by molar-refractivity contribution is 6.21. The fourth-order valence-corrected chi connectivity index (χ4v) is 4.52. The number of hydroxylamine groups is 1. The first-order valence-corrected chi connectivity index (χ1v) is 9.49. The summed E-state index contributed by atoms with van der Waals surface area (Å²) >= 11 is 0. The van der Waals surface area contributed by atoms with E-state index in [0.717, 1.165) is 4.90 Å². The van der Waals surface area contributed by atoms with Gasteiger partial charge in [-0.2, -0.15) is 0 Å². The number of imide groups is 1. The zero-order valence-corrected chi connectivity index (χ0v) is 16.0. The lowest BCUT2D eigenvalue weighted by molar-refractivity contribution is -0.146. The summed E-state index contributed by atoms with van der Waals surface area (Å²) in [4.78, 5) is 51.4. The molecule has 1 aromatic rings. The number of amides is 4. The molecule has 1 saturated heterocycles. The third-order valence-electron chi connectivity index (χ3n) is 5.69. The lowest BCUT2D eigenvalue weighted by Crippen LogP contribution is -2.48. The van der Waals surface area contributed by atoms with E-state index in [1.807, 2.05) is 13.8 Å². The van der Waals surface area contributed by atoms with E-state index in [9.17, 15) is 24.4 Å². The van der Waals surface area contributed by atoms with E-state index in [2.05, 4.69) is 5.32 Å². The number of fused-ring (bicyclic) bond motifs is 1. The van der Waals surface area contributed by atoms with E-state index in [1.54, 1.807) is 29.7 Å². The number of carbonyl (C=O) groups is 4. The summed E-state index contributed by atoms with van der Waals surface area (Å²) in [5, 5.41) is 12.0. The molecule has 2 heterocycles. The van der Waals surface area contributed by atoms with E-state index in [-0.39, 0.29) is 24.8 Å². The molecular weight excluding hydrogens is 362 g/mol. The second-order valence-electron chi connectivity index (χ2n) is 7.88. The molecule has 8 heteroatoms. The average Bonchev–Trinajstić information content (AvgIpc) is 3.14. The quantitative estimate of drug-likeness (QED) is 0.371. The van der Waals surface area contributed by atoms with Crippen LogP contribution in [0.25, 0.3) is 0 Å². The summed E-state index contributed by atoms with van der Waals surface area (Å²) in [6.45, 7) is 4.38. The van der Waals surface area contributed by atoms with Gasteiger partial charge in [-0.05, 0) is 37.3 Å². The van der Waals surface area contributed by atoms with Gasteiger partial charge in [0.2, 0.25) is 11.8 Å². The first-order valence-electron chi connectivity index (χ1n) is 9.49. The third-order valence-corrected chi connectivity index (χ3v) is 5.69. The Morgan fingerprint density at radius 3 is 2.29 bits per heavy atom. The number of carbonyl (C=O) groups excluding carboxylic acids is 4. The van der Waals surface area contributed by atoms with Gasteiger partial charge in [-0.15, -0.1) is 0 Å². The summed E-state index contributed by atoms with van der Waals surface area (Å²) in [7, 11) is 0. The first kappa shape index (κ1) is 20.0. The summed E-state index contributed by atoms with van der Waals surface area (Å²) in [6.07, 6.45) is 1.03. The van der Waals surface area contributed by atoms with Crippen LogP contribution in [0.15, 0.2) is 24.3 Å². The molecule has 8 nitrogen and oxygen atoms in total. The molecule has 0 aliphatic carbocycles. The van der Waals surface area contributed by atoms with Crippen molar-refractivity contribution in [1.82, 2.24) is 15.7 Å². The van der Waals surface area contributed by atoms with Crippen molar-refractivity contribution >= 4 is 23.6 Å². The average molecular weight is 387 g/mol. The van der Waals surface area contributed by atoms with Crippen molar-refractivity contribution in [2.75, 3.05) is 13.1 Å². The molecule has 0 aromatic heterocycles. The fraction of sp³-hybridized carbons (Fsp3) is 0.500. The Labute approximate surface area is 163 Å². The number of rotatable bonds is 7. The Bertz CT molecular complexity index is 787. The van der Waals surface area contributed by atoms with Crippen molar-refractivity contribution in [3.8, 4) is 0 Å². The minimum atomic E-state index is -0.973. The van der Waals surface area contributed by atoms with Crippen LogP contribution in [0.4, 0.5) is 0 Å². The minimum absolute atomic E-state index is 0.00242. The molecule has 2 unspecified atom stereocenters. The molecule has 2 aliphatic heterocycles. The van der Waals surface area contributed by atoms with Gasteiger partial charge in [-0.3, -0.25) is 29.3 Å². The summed E-state index contributed by atoms with van der Waals surface area (Å²) in [6, 6.07) is 6.57. The number of hydrogen-bond acceptors (Lipinski definition) is 5. The van der Waals surface area contributed by atoms with Crippen LogP contribution in [-0.4, -0.2) is 46.8 Å². The number of benzene rings is 1. The molecule has 0 saturated carbocycles. The monoisotopic (exact) mass is 387 g/mol. The molecule has 0 radical (unpaired) electrons. The Kier molecular flexibility index (Phi) is 5.51. The van der Waals surface area contributed by atoms with E-state index >= 15 is 0 Å². The van der Waals surface area contributed by atoms with Crippen LogP contribution in [0.1, 0.15) is 53.8 Å². The van der Waals surface area contributed by atoms with Gasteiger partial charge in [-0.25, -0.2) is 5.48 Å². The van der Waals surface area contributed by atoms with E-state index in [1.165, 1.54) is 0 Å². The highest BCUT2D eigenvalue weighted by Crippen LogP contribution is 2.43. The molecule has 4 amide bonds. The van der Waals surface area contributed by atoms with Crippen molar-refractivity contribution in [3.63, 3.8) is 0 Å². The standard InChI is InChI=1S/C20H25N3O5/c1-12(2)11-20(8-9-21-19(20)27)15(16(24)22-28)7-10-23-17(25)13-5-3-4-6-14(13)18(23)26/h3-6,12,15,28H,7-11H2,1-2H3,(H,21,27)(H,22,24). The number of nitrogens with zero attached hydrogens (tertiary/aromatic N) is 1. The van der Waals surface area contributed by atoms with Gasteiger partial charge in [0.05, 0.1) is 22.5 Å². The van der Waals surface area contributed by atoms with Crippen LogP contribution in [0.2, 0.25) is 0 Å². The zero-order chi connectivity index (χ0) is 20.5. The maximum Gasteiger partial charge on any atom is 0.261 e. The molecule has 28 heavy (non-hydrogen) atoms. The number of nitrogens with one attached hydrogen (secondary N) is 2. The summed E-state index contributed by atoms with van der Waals surface area (Å²) in [5.41, 5.74) is 1.37. The Morgan fingerprint density at radius 2 is 1.82 bits per heavy atom. The van der Waals surface area contributed by atoms with Crippen LogP contribution in [-0.2, 0) is 9.59 Å². The van der Waals surface area contributed by atoms with Gasteiger partial charge >= 0.3 is 0 Å². The lowest BCUT2D eigenvalue weighted by atomic mass is 9.67. The molecule has 1 aromatic carbocycles. The second-order valence-corrected chi connectivity index (χ2v) is 7.88. The zero-order valence-electron chi connectivity index (χ0n) is 16.0. The van der Waals surface area contributed by atoms with E-state index in [0.29, 0.717) is 30.5 Å². The van der Waals surface area contributed by atoms with Crippen molar-refractivity contribution in [2.24, 2.45) is 17.3 Å². The smallest absolute Gasteiger partial charge is 0.261 e. The highest BCUT2D eigenvalue weighted by atomic mass is 16.5. The van der Waals surface area contributed by atoms with Crippen molar-refractivity contribution in [2.45, 2.75) is 33.1 Å². The fourth-order valence-electron chi connectivity index (χ4n) is 4.52. The van der Waals surface area contributed by atoms with E-state index < -0.39 is 29.1 Å². The molecule has 2 aliphatic rings. The Morgan fingerprint density at radius 1 is 1.21 bits per heavy atom. The van der Waals surface area contributed by atoms with E-state index in [4.69, 9.17) is 0 Å². The van der Waals surface area contributed by atoms with Crippen molar-refractivity contribution in [3.05, 3.63) is 35.4 Å². The maximum absolute atomic E-state index is 12.7. The third kappa shape index (κ3) is 3.28. The number of hydrogen-bond donors (Lipinski definition) is 3. The molecule has 3 rings (SSSR count). The first-order chi connectivity index (χ1) is 13.3. The maximum atomic E-state index is 12.7. The molecule has 3 N–H and O–H groups in total. The van der Waals surface area contributed by atoms with Crippen LogP contribution in [0.3, 0.4) is 0 Å². The molecule has 1 fully saturated rings. The minimum Gasteiger partial charge on any atom is -0.356 e. The van der Waals surface area contributed by atoms with Crippen LogP contribution < -0.4 is 10.8 Å². The molecular formula is C20H25N3O5. The van der Waals surface area contributed by atoms with Crippen LogP contribution in [0.5, 0.6) is 0 Å². The van der Waals surface area contributed by atoms with Gasteiger partial charge in [0, 0.05) is 13.1 Å². The van der Waals surface area contributed by atoms with Crippen molar-refractivity contribution < 1.29 is 24.4 Å². The Hall–Kier alpha value is -2.74. The van der Waals surface area contributed by atoms with Gasteiger partial charge < -0.3 is 5.32 Å². The molecule has 0 bridgehead atoms. The molecule has 0 spiro atoms. The van der Waals surface area contributed by atoms with Gasteiger partial charge in [0.25, 0.3) is 11.8 Å².